The van der Waals surface area contributed by atoms with Gasteiger partial charge < -0.3 is 14.4 Å². The summed E-state index contributed by atoms with van der Waals surface area (Å²) in [5, 5.41) is 0. The predicted molar refractivity (Wildman–Crippen MR) is 129 cm³/mol. The van der Waals surface area contributed by atoms with E-state index >= 15 is 0 Å². The third-order valence-corrected chi connectivity index (χ3v) is 6.55. The number of hydrogen-bond donors (Lipinski definition) is 0. The molecule has 9 nitrogen and oxygen atoms in total. The molecule has 0 bridgehead atoms. The lowest BCUT2D eigenvalue weighted by atomic mass is 10.0. The van der Waals surface area contributed by atoms with Crippen LogP contribution in [-0.2, 0) is 18.3 Å². The summed E-state index contributed by atoms with van der Waals surface area (Å²) in [6, 6.07) is 9.64. The monoisotopic (exact) mass is 462 g/mol. The van der Waals surface area contributed by atoms with E-state index in [1.54, 1.807) is 31.0 Å². The average molecular weight is 463 g/mol. The number of ether oxygens (including phenoxy) is 2. The lowest BCUT2D eigenvalue weighted by Crippen LogP contribution is -2.41. The van der Waals surface area contributed by atoms with Crippen molar-refractivity contribution in [3.8, 4) is 17.1 Å². The van der Waals surface area contributed by atoms with Crippen molar-refractivity contribution in [2.24, 2.45) is 7.05 Å². The fourth-order valence-corrected chi connectivity index (χ4v) is 4.74. The van der Waals surface area contributed by atoms with E-state index in [1.165, 1.54) is 30.8 Å². The van der Waals surface area contributed by atoms with Crippen LogP contribution in [0.3, 0.4) is 0 Å². The topological polar surface area (TPSA) is 85.6 Å². The van der Waals surface area contributed by atoms with Crippen molar-refractivity contribution in [1.29, 1.82) is 0 Å². The van der Waals surface area contributed by atoms with Crippen LogP contribution in [0.2, 0.25) is 0 Å². The first-order valence-electron chi connectivity index (χ1n) is 11.7. The van der Waals surface area contributed by atoms with Crippen molar-refractivity contribution < 1.29 is 9.47 Å². The molecule has 2 saturated heterocycles. The minimum atomic E-state index is -0.193. The molecule has 3 aromatic rings. The Morgan fingerprint density at radius 2 is 1.97 bits per heavy atom. The molecule has 34 heavy (non-hydrogen) atoms. The van der Waals surface area contributed by atoms with Crippen molar-refractivity contribution in [2.75, 3.05) is 44.8 Å². The van der Waals surface area contributed by atoms with Crippen LogP contribution in [0.25, 0.3) is 11.4 Å². The molecule has 1 atom stereocenters. The van der Waals surface area contributed by atoms with Gasteiger partial charge in [-0.25, -0.2) is 15.0 Å². The lowest BCUT2D eigenvalue weighted by Gasteiger charge is -2.35. The Labute approximate surface area is 199 Å². The maximum atomic E-state index is 12.7. The first kappa shape index (κ1) is 22.5. The van der Waals surface area contributed by atoms with E-state index in [4.69, 9.17) is 14.5 Å². The number of morpholine rings is 1. The number of methoxy groups -OCH3 is 1. The smallest absolute Gasteiger partial charge is 0.255 e. The van der Waals surface area contributed by atoms with Gasteiger partial charge in [0.1, 0.15) is 18.2 Å². The molecule has 0 aliphatic carbocycles. The second kappa shape index (κ2) is 9.90. The van der Waals surface area contributed by atoms with Gasteiger partial charge in [-0.15, -0.1) is 0 Å². The van der Waals surface area contributed by atoms with Crippen molar-refractivity contribution in [3.05, 3.63) is 64.3 Å². The Hall–Kier alpha value is -3.30. The van der Waals surface area contributed by atoms with Crippen LogP contribution in [0.5, 0.6) is 5.75 Å². The molecule has 0 amide bonds. The van der Waals surface area contributed by atoms with Crippen molar-refractivity contribution in [1.82, 2.24) is 24.4 Å². The zero-order chi connectivity index (χ0) is 23.5. The standard InChI is InChI=1S/C25H30N6O3/c1-29-24(32)14-21(20-7-8-26-17-27-20)28-25(29)31-11-12-34-23(16-31)19-13-18(5-6-22(19)33-2)15-30-9-3-4-10-30/h5-8,13-14,17,23H,3-4,9-12,15-16H2,1-2H3. The van der Waals surface area contributed by atoms with E-state index in [0.29, 0.717) is 37.0 Å². The van der Waals surface area contributed by atoms with Crippen molar-refractivity contribution >= 4 is 5.95 Å². The van der Waals surface area contributed by atoms with Gasteiger partial charge in [-0.2, -0.15) is 0 Å². The molecule has 0 N–H and O–H groups in total. The number of aromatic nitrogens is 4. The summed E-state index contributed by atoms with van der Waals surface area (Å²) in [7, 11) is 3.44. The molecule has 0 saturated carbocycles. The van der Waals surface area contributed by atoms with E-state index in [2.05, 4.69) is 31.9 Å². The van der Waals surface area contributed by atoms with Crippen LogP contribution in [0.4, 0.5) is 5.95 Å². The molecule has 0 spiro atoms. The van der Waals surface area contributed by atoms with E-state index in [1.807, 2.05) is 6.07 Å². The Kier molecular flexibility index (Phi) is 6.55. The number of hydrogen-bond acceptors (Lipinski definition) is 8. The minimum Gasteiger partial charge on any atom is -0.496 e. The van der Waals surface area contributed by atoms with Crippen LogP contribution in [-0.4, -0.2) is 64.3 Å². The molecular weight excluding hydrogens is 432 g/mol. The lowest BCUT2D eigenvalue weighted by molar-refractivity contribution is 0.0373. The summed E-state index contributed by atoms with van der Waals surface area (Å²) in [6.45, 7) is 4.97. The SMILES string of the molecule is COc1ccc(CN2CCCC2)cc1C1CN(c2nc(-c3ccncn3)cc(=O)n2C)CCO1. The molecule has 2 aliphatic heterocycles. The molecule has 1 aromatic carbocycles. The summed E-state index contributed by atoms with van der Waals surface area (Å²) in [6.07, 6.45) is 5.45. The highest BCUT2D eigenvalue weighted by Crippen LogP contribution is 2.33. The van der Waals surface area contributed by atoms with Gasteiger partial charge in [0.2, 0.25) is 5.95 Å². The zero-order valence-corrected chi connectivity index (χ0v) is 19.7. The van der Waals surface area contributed by atoms with Gasteiger partial charge in [0.05, 0.1) is 31.6 Å². The fourth-order valence-electron chi connectivity index (χ4n) is 4.74. The third kappa shape index (κ3) is 4.67. The number of anilines is 1. The summed E-state index contributed by atoms with van der Waals surface area (Å²) in [5.41, 5.74) is 3.31. The molecule has 1 unspecified atom stereocenters. The first-order chi connectivity index (χ1) is 16.6. The van der Waals surface area contributed by atoms with Crippen molar-refractivity contribution in [2.45, 2.75) is 25.5 Å². The number of benzene rings is 1. The second-order valence-electron chi connectivity index (χ2n) is 8.80. The summed E-state index contributed by atoms with van der Waals surface area (Å²) in [4.78, 5) is 30.3. The molecule has 4 heterocycles. The van der Waals surface area contributed by atoms with Gasteiger partial charge in [-0.05, 0) is 49.7 Å². The van der Waals surface area contributed by atoms with Gasteiger partial charge in [0.15, 0.2) is 0 Å². The highest BCUT2D eigenvalue weighted by atomic mass is 16.5. The summed E-state index contributed by atoms with van der Waals surface area (Å²) in [5.74, 6) is 1.41. The predicted octanol–water partition coefficient (Wildman–Crippen LogP) is 2.42. The first-order valence-corrected chi connectivity index (χ1v) is 11.7. The van der Waals surface area contributed by atoms with Crippen LogP contribution < -0.4 is 15.2 Å². The van der Waals surface area contributed by atoms with Crippen LogP contribution >= 0.6 is 0 Å². The molecule has 2 aromatic heterocycles. The molecule has 178 valence electrons. The molecule has 9 heteroatoms. The summed E-state index contributed by atoms with van der Waals surface area (Å²) < 4.78 is 13.5. The Bertz CT molecular complexity index is 1190. The Morgan fingerprint density at radius 3 is 2.74 bits per heavy atom. The van der Waals surface area contributed by atoms with E-state index in [0.717, 1.165) is 30.9 Å². The summed E-state index contributed by atoms with van der Waals surface area (Å²) >= 11 is 0. The Morgan fingerprint density at radius 1 is 1.12 bits per heavy atom. The van der Waals surface area contributed by atoms with Crippen LogP contribution in [0, 0.1) is 0 Å². The van der Waals surface area contributed by atoms with Gasteiger partial charge in [0, 0.05) is 38.0 Å². The highest BCUT2D eigenvalue weighted by molar-refractivity contribution is 5.55. The van der Waals surface area contributed by atoms with E-state index in [-0.39, 0.29) is 11.7 Å². The molecule has 2 aliphatic rings. The van der Waals surface area contributed by atoms with E-state index < -0.39 is 0 Å². The number of rotatable bonds is 6. The van der Waals surface area contributed by atoms with Gasteiger partial charge in [-0.1, -0.05) is 6.07 Å². The molecular formula is C25H30N6O3. The number of likely N-dealkylation sites (tertiary alicyclic amines) is 1. The molecule has 0 radical (unpaired) electrons. The van der Waals surface area contributed by atoms with Crippen LogP contribution in [0.1, 0.15) is 30.1 Å². The van der Waals surface area contributed by atoms with E-state index in [9.17, 15) is 4.79 Å². The second-order valence-corrected chi connectivity index (χ2v) is 8.80. The quantitative estimate of drug-likeness (QED) is 0.552. The largest absolute Gasteiger partial charge is 0.496 e. The normalized spacial score (nSPS) is 18.9. The maximum absolute atomic E-state index is 12.7. The number of nitrogens with zero attached hydrogens (tertiary/aromatic N) is 6. The third-order valence-electron chi connectivity index (χ3n) is 6.55. The van der Waals surface area contributed by atoms with Gasteiger partial charge in [0.25, 0.3) is 5.56 Å². The average Bonchev–Trinajstić information content (AvgIpc) is 3.39. The van der Waals surface area contributed by atoms with Crippen LogP contribution in [0.15, 0.2) is 47.7 Å². The van der Waals surface area contributed by atoms with Gasteiger partial charge in [-0.3, -0.25) is 14.3 Å². The Balaban J connectivity index is 1.43. The highest BCUT2D eigenvalue weighted by Gasteiger charge is 2.28. The zero-order valence-electron chi connectivity index (χ0n) is 19.7. The fraction of sp³-hybridized carbons (Fsp3) is 0.440. The minimum absolute atomic E-state index is 0.133. The molecule has 5 rings (SSSR count). The van der Waals surface area contributed by atoms with Gasteiger partial charge >= 0.3 is 0 Å². The maximum Gasteiger partial charge on any atom is 0.255 e. The van der Waals surface area contributed by atoms with Crippen molar-refractivity contribution in [3.63, 3.8) is 0 Å². The molecule has 2 fully saturated rings.